The van der Waals surface area contributed by atoms with Gasteiger partial charge >= 0.3 is 0 Å². The second-order valence-electron chi connectivity index (χ2n) is 10.0. The number of fused-ring (bicyclic) bond motifs is 2. The van der Waals surface area contributed by atoms with Gasteiger partial charge in [0, 0.05) is 19.7 Å². The predicted octanol–water partition coefficient (Wildman–Crippen LogP) is 5.03. The van der Waals surface area contributed by atoms with Gasteiger partial charge in [0.25, 0.3) is 5.91 Å². The van der Waals surface area contributed by atoms with Gasteiger partial charge in [-0.1, -0.05) is 67.6 Å². The molecule has 36 heavy (non-hydrogen) atoms. The van der Waals surface area contributed by atoms with Gasteiger partial charge in [-0.05, 0) is 44.4 Å². The van der Waals surface area contributed by atoms with Crippen LogP contribution in [-0.4, -0.2) is 66.6 Å². The summed E-state index contributed by atoms with van der Waals surface area (Å²) in [6.45, 7) is 7.13. The number of aryl methyl sites for hydroxylation is 1. The van der Waals surface area contributed by atoms with Crippen LogP contribution in [0.25, 0.3) is 0 Å². The summed E-state index contributed by atoms with van der Waals surface area (Å²) in [4.78, 5) is 30.3. The molecule has 0 bridgehead atoms. The maximum absolute atomic E-state index is 13.4. The van der Waals surface area contributed by atoms with Crippen molar-refractivity contribution < 1.29 is 19.1 Å². The zero-order valence-electron chi connectivity index (χ0n) is 21.8. The Balaban J connectivity index is 1.52. The number of carbonyl (C=O) groups excluding carboxylic acids is 2. The summed E-state index contributed by atoms with van der Waals surface area (Å²) in [6.07, 6.45) is 6.48. The zero-order chi connectivity index (χ0) is 25.3. The van der Waals surface area contributed by atoms with Gasteiger partial charge in [0.15, 0.2) is 0 Å². The molecule has 2 aromatic rings. The molecule has 0 N–H and O–H groups in total. The first-order valence-corrected chi connectivity index (χ1v) is 13.5. The molecule has 6 heteroatoms. The number of rotatable bonds is 3. The van der Waals surface area contributed by atoms with Crippen LogP contribution in [-0.2, 0) is 16.0 Å². The molecule has 2 aromatic carbocycles. The van der Waals surface area contributed by atoms with E-state index in [-0.39, 0.29) is 24.0 Å². The molecular formula is C30H40N2O4. The molecule has 2 atom stereocenters. The van der Waals surface area contributed by atoms with Gasteiger partial charge in [-0.25, -0.2) is 0 Å². The Kier molecular flexibility index (Phi) is 9.40. The van der Waals surface area contributed by atoms with Crippen LogP contribution in [0, 0.1) is 6.92 Å². The van der Waals surface area contributed by atoms with Crippen molar-refractivity contribution in [1.29, 1.82) is 0 Å². The lowest BCUT2D eigenvalue weighted by atomic mass is 10.1. The quantitative estimate of drug-likeness (QED) is 0.603. The van der Waals surface area contributed by atoms with E-state index in [1.807, 2.05) is 72.2 Å². The Morgan fingerprint density at radius 2 is 1.61 bits per heavy atom. The van der Waals surface area contributed by atoms with E-state index in [0.29, 0.717) is 44.0 Å². The molecule has 0 radical (unpaired) electrons. The zero-order valence-corrected chi connectivity index (χ0v) is 21.8. The normalized spacial score (nSPS) is 22.0. The standard InChI is InChI=1S/C30H40N2O4/c1-3-31-18-10-6-4-5-7-11-19-35-27-21-32(29(33)20-24-16-14-23(2)15-17-24)22-28(27)36-26-13-9-8-12-25(26)30(31)34/h8-9,12-17,27-28H,3-7,10-11,18-22H2,1-2H3/t27-,28-/m1/s1. The first-order chi connectivity index (χ1) is 17.5. The number of para-hydroxylation sites is 1. The lowest BCUT2D eigenvalue weighted by molar-refractivity contribution is -0.130. The molecule has 0 saturated carbocycles. The number of benzene rings is 2. The minimum absolute atomic E-state index is 0.00274. The van der Waals surface area contributed by atoms with E-state index >= 15 is 0 Å². The molecule has 0 spiro atoms. The summed E-state index contributed by atoms with van der Waals surface area (Å²) >= 11 is 0. The highest BCUT2D eigenvalue weighted by Gasteiger charge is 2.38. The number of hydrogen-bond donors (Lipinski definition) is 0. The van der Waals surface area contributed by atoms with Gasteiger partial charge in [-0.3, -0.25) is 9.59 Å². The van der Waals surface area contributed by atoms with E-state index < -0.39 is 0 Å². The molecule has 6 nitrogen and oxygen atoms in total. The van der Waals surface area contributed by atoms with Gasteiger partial charge < -0.3 is 19.3 Å². The molecule has 1 saturated heterocycles. The molecule has 4 rings (SSSR count). The monoisotopic (exact) mass is 492 g/mol. The molecule has 2 aliphatic rings. The summed E-state index contributed by atoms with van der Waals surface area (Å²) in [5.41, 5.74) is 2.77. The van der Waals surface area contributed by atoms with Crippen molar-refractivity contribution in [2.75, 3.05) is 32.8 Å². The van der Waals surface area contributed by atoms with Crippen molar-refractivity contribution in [2.24, 2.45) is 0 Å². The average molecular weight is 493 g/mol. The molecule has 2 aliphatic heterocycles. The van der Waals surface area contributed by atoms with Crippen LogP contribution in [0.3, 0.4) is 0 Å². The number of likely N-dealkylation sites (tertiary alicyclic amines) is 1. The third-order valence-corrected chi connectivity index (χ3v) is 7.26. The first kappa shape index (κ1) is 26.2. The fraction of sp³-hybridized carbons (Fsp3) is 0.533. The Bertz CT molecular complexity index is 1010. The lowest BCUT2D eigenvalue weighted by Gasteiger charge is -2.25. The van der Waals surface area contributed by atoms with Crippen LogP contribution >= 0.6 is 0 Å². The predicted molar refractivity (Wildman–Crippen MR) is 141 cm³/mol. The van der Waals surface area contributed by atoms with Crippen molar-refractivity contribution in [3.8, 4) is 5.75 Å². The largest absolute Gasteiger partial charge is 0.485 e. The van der Waals surface area contributed by atoms with E-state index in [9.17, 15) is 9.59 Å². The summed E-state index contributed by atoms with van der Waals surface area (Å²) in [6, 6.07) is 15.6. The van der Waals surface area contributed by atoms with E-state index in [1.54, 1.807) is 0 Å². The second-order valence-corrected chi connectivity index (χ2v) is 10.0. The third kappa shape index (κ3) is 6.88. The highest BCUT2D eigenvalue weighted by atomic mass is 16.5. The van der Waals surface area contributed by atoms with Crippen molar-refractivity contribution in [3.05, 3.63) is 65.2 Å². The van der Waals surface area contributed by atoms with Crippen molar-refractivity contribution in [1.82, 2.24) is 9.80 Å². The van der Waals surface area contributed by atoms with Gasteiger partial charge in [0.2, 0.25) is 5.91 Å². The Labute approximate surface area is 215 Å². The number of hydrogen-bond acceptors (Lipinski definition) is 4. The minimum atomic E-state index is -0.316. The first-order valence-electron chi connectivity index (χ1n) is 13.5. The van der Waals surface area contributed by atoms with E-state index in [0.717, 1.165) is 37.8 Å². The molecule has 2 amide bonds. The highest BCUT2D eigenvalue weighted by Crippen LogP contribution is 2.27. The Morgan fingerprint density at radius 1 is 0.917 bits per heavy atom. The number of amides is 2. The van der Waals surface area contributed by atoms with Crippen LogP contribution in [0.1, 0.15) is 66.9 Å². The van der Waals surface area contributed by atoms with Gasteiger partial charge in [-0.15, -0.1) is 0 Å². The van der Waals surface area contributed by atoms with E-state index in [4.69, 9.17) is 9.47 Å². The SMILES string of the molecule is CCN1CCCCCCCCO[C@@H]2CN(C(=O)Cc3ccc(C)cc3)C[C@H]2Oc2ccccc2C1=O. The van der Waals surface area contributed by atoms with Gasteiger partial charge in [0.05, 0.1) is 25.1 Å². The Morgan fingerprint density at radius 3 is 2.39 bits per heavy atom. The van der Waals surface area contributed by atoms with Gasteiger partial charge in [-0.2, -0.15) is 0 Å². The minimum Gasteiger partial charge on any atom is -0.485 e. The number of ether oxygens (including phenoxy) is 2. The topological polar surface area (TPSA) is 59.1 Å². The summed E-state index contributed by atoms with van der Waals surface area (Å²) < 4.78 is 12.7. The molecule has 0 aromatic heterocycles. The van der Waals surface area contributed by atoms with Gasteiger partial charge in [0.1, 0.15) is 18.0 Å². The Hall–Kier alpha value is -2.86. The fourth-order valence-corrected chi connectivity index (χ4v) is 5.04. The van der Waals surface area contributed by atoms with E-state index in [2.05, 4.69) is 0 Å². The van der Waals surface area contributed by atoms with Crippen LogP contribution in [0.5, 0.6) is 5.75 Å². The molecule has 0 unspecified atom stereocenters. The van der Waals surface area contributed by atoms with Crippen LogP contribution in [0.15, 0.2) is 48.5 Å². The van der Waals surface area contributed by atoms with Crippen LogP contribution < -0.4 is 4.74 Å². The van der Waals surface area contributed by atoms with Crippen molar-refractivity contribution >= 4 is 11.8 Å². The van der Waals surface area contributed by atoms with Crippen molar-refractivity contribution in [2.45, 2.75) is 71.0 Å². The van der Waals surface area contributed by atoms with Crippen molar-refractivity contribution in [3.63, 3.8) is 0 Å². The molecule has 2 heterocycles. The number of nitrogens with zero attached hydrogens (tertiary/aromatic N) is 2. The van der Waals surface area contributed by atoms with Crippen LogP contribution in [0.2, 0.25) is 0 Å². The highest BCUT2D eigenvalue weighted by molar-refractivity contribution is 5.97. The third-order valence-electron chi connectivity index (χ3n) is 7.26. The number of carbonyl (C=O) groups is 2. The smallest absolute Gasteiger partial charge is 0.257 e. The van der Waals surface area contributed by atoms with E-state index in [1.165, 1.54) is 18.4 Å². The second kappa shape index (κ2) is 12.9. The average Bonchev–Trinajstić information content (AvgIpc) is 3.28. The maximum atomic E-state index is 13.4. The maximum Gasteiger partial charge on any atom is 0.257 e. The molecule has 0 aliphatic carbocycles. The molecular weight excluding hydrogens is 452 g/mol. The van der Waals surface area contributed by atoms with Crippen LogP contribution in [0.4, 0.5) is 0 Å². The lowest BCUT2D eigenvalue weighted by Crippen LogP contribution is -2.35. The summed E-state index contributed by atoms with van der Waals surface area (Å²) in [7, 11) is 0. The fourth-order valence-electron chi connectivity index (χ4n) is 5.04. The summed E-state index contributed by atoms with van der Waals surface area (Å²) in [5, 5.41) is 0. The summed E-state index contributed by atoms with van der Waals surface area (Å²) in [5.74, 6) is 0.647. The molecule has 1 fully saturated rings. The molecule has 194 valence electrons.